The first kappa shape index (κ1) is 16.1. The lowest BCUT2D eigenvalue weighted by Gasteiger charge is -2.14. The molecule has 0 saturated carbocycles. The van der Waals surface area contributed by atoms with Crippen LogP contribution in [0.25, 0.3) is 0 Å². The summed E-state index contributed by atoms with van der Waals surface area (Å²) in [6.07, 6.45) is 0.104. The molecular formula is C14H23N3O3. The predicted octanol–water partition coefficient (Wildman–Crippen LogP) is 1.24. The quantitative estimate of drug-likeness (QED) is 0.626. The molecule has 112 valence electrons. The van der Waals surface area contributed by atoms with E-state index in [4.69, 9.17) is 15.2 Å². The summed E-state index contributed by atoms with van der Waals surface area (Å²) in [6, 6.07) is 5.31. The van der Waals surface area contributed by atoms with Crippen LogP contribution in [0.3, 0.4) is 0 Å². The summed E-state index contributed by atoms with van der Waals surface area (Å²) in [4.78, 5) is 10.5. The van der Waals surface area contributed by atoms with Crippen LogP contribution in [0.2, 0.25) is 0 Å². The highest BCUT2D eigenvalue weighted by atomic mass is 16.5. The molecule has 1 rings (SSSR count). The van der Waals surface area contributed by atoms with Gasteiger partial charge in [0.1, 0.15) is 0 Å². The lowest BCUT2D eigenvalue weighted by molar-refractivity contribution is 0.230. The van der Waals surface area contributed by atoms with Crippen molar-refractivity contribution >= 4 is 6.03 Å². The molecule has 0 bridgehead atoms. The van der Waals surface area contributed by atoms with Crippen molar-refractivity contribution in [3.05, 3.63) is 23.8 Å². The van der Waals surface area contributed by atoms with E-state index < -0.39 is 6.03 Å². The summed E-state index contributed by atoms with van der Waals surface area (Å²) in [7, 11) is 1.62. The topological polar surface area (TPSA) is 85.6 Å². The predicted molar refractivity (Wildman–Crippen MR) is 78.1 cm³/mol. The molecule has 0 heterocycles. The second-order valence-corrected chi connectivity index (χ2v) is 4.62. The highest BCUT2D eigenvalue weighted by Gasteiger charge is 2.07. The largest absolute Gasteiger partial charge is 0.493 e. The van der Waals surface area contributed by atoms with Gasteiger partial charge in [-0.25, -0.2) is 4.79 Å². The van der Waals surface area contributed by atoms with E-state index in [0.29, 0.717) is 25.4 Å². The van der Waals surface area contributed by atoms with Crippen molar-refractivity contribution in [2.75, 3.05) is 20.2 Å². The number of carbonyl (C=O) groups excluding carboxylic acids is 1. The maximum atomic E-state index is 10.5. The Hall–Kier alpha value is -1.95. The Morgan fingerprint density at radius 2 is 2.05 bits per heavy atom. The number of methoxy groups -OCH3 is 1. The number of carbonyl (C=O) groups is 1. The highest BCUT2D eigenvalue weighted by Crippen LogP contribution is 2.28. The van der Waals surface area contributed by atoms with E-state index in [1.165, 1.54) is 0 Å². The molecule has 0 saturated heterocycles. The zero-order valence-electron chi connectivity index (χ0n) is 12.2. The second-order valence-electron chi connectivity index (χ2n) is 4.62. The number of rotatable bonds is 8. The van der Waals surface area contributed by atoms with Gasteiger partial charge in [0.15, 0.2) is 11.5 Å². The van der Waals surface area contributed by atoms with Gasteiger partial charge in [-0.05, 0) is 31.5 Å². The maximum Gasteiger partial charge on any atom is 0.312 e. The number of nitrogens with two attached hydrogens (primary N) is 1. The average molecular weight is 281 g/mol. The molecule has 4 N–H and O–H groups in total. The number of benzene rings is 1. The van der Waals surface area contributed by atoms with Crippen LogP contribution >= 0.6 is 0 Å². The molecule has 20 heavy (non-hydrogen) atoms. The lowest BCUT2D eigenvalue weighted by atomic mass is 10.2. The SMILES string of the molecule is COc1cc(CNCCNC(N)=O)ccc1OC(C)C. The van der Waals surface area contributed by atoms with Crippen molar-refractivity contribution in [1.82, 2.24) is 10.6 Å². The Kier molecular flexibility index (Phi) is 6.66. The fraction of sp³-hybridized carbons (Fsp3) is 0.500. The van der Waals surface area contributed by atoms with Crippen molar-refractivity contribution in [1.29, 1.82) is 0 Å². The van der Waals surface area contributed by atoms with Gasteiger partial charge in [-0.1, -0.05) is 6.07 Å². The monoisotopic (exact) mass is 281 g/mol. The summed E-state index contributed by atoms with van der Waals surface area (Å²) in [6.45, 7) is 5.77. The van der Waals surface area contributed by atoms with E-state index in [1.54, 1.807) is 7.11 Å². The van der Waals surface area contributed by atoms with Crippen LogP contribution < -0.4 is 25.8 Å². The molecule has 0 aliphatic carbocycles. The van der Waals surface area contributed by atoms with Gasteiger partial charge in [0, 0.05) is 19.6 Å². The standard InChI is InChI=1S/C14H23N3O3/c1-10(2)20-12-5-4-11(8-13(12)19-3)9-16-6-7-17-14(15)18/h4-5,8,10,16H,6-7,9H2,1-3H3,(H3,15,17,18). The number of hydrogen-bond acceptors (Lipinski definition) is 4. The van der Waals surface area contributed by atoms with Gasteiger partial charge in [0.05, 0.1) is 13.2 Å². The number of primary amides is 1. The van der Waals surface area contributed by atoms with E-state index >= 15 is 0 Å². The summed E-state index contributed by atoms with van der Waals surface area (Å²) in [5.41, 5.74) is 6.05. The molecule has 0 unspecified atom stereocenters. The minimum absolute atomic E-state index is 0.104. The molecule has 1 aromatic rings. The van der Waals surface area contributed by atoms with Gasteiger partial charge in [0.25, 0.3) is 0 Å². The van der Waals surface area contributed by atoms with Crippen molar-refractivity contribution in [2.45, 2.75) is 26.5 Å². The zero-order valence-corrected chi connectivity index (χ0v) is 12.2. The smallest absolute Gasteiger partial charge is 0.312 e. The van der Waals surface area contributed by atoms with Crippen LogP contribution in [0.15, 0.2) is 18.2 Å². The number of urea groups is 1. The third kappa shape index (κ3) is 5.79. The highest BCUT2D eigenvalue weighted by molar-refractivity contribution is 5.71. The van der Waals surface area contributed by atoms with Gasteiger partial charge in [-0.2, -0.15) is 0 Å². The number of ether oxygens (including phenoxy) is 2. The zero-order chi connectivity index (χ0) is 15.0. The molecule has 0 spiro atoms. The van der Waals surface area contributed by atoms with E-state index in [1.807, 2.05) is 32.0 Å². The van der Waals surface area contributed by atoms with Gasteiger partial charge in [0.2, 0.25) is 0 Å². The summed E-state index contributed by atoms with van der Waals surface area (Å²) >= 11 is 0. The van der Waals surface area contributed by atoms with Crippen LogP contribution in [-0.4, -0.2) is 32.3 Å². The molecule has 0 atom stereocenters. The van der Waals surface area contributed by atoms with E-state index in [0.717, 1.165) is 11.3 Å². The maximum absolute atomic E-state index is 10.5. The molecule has 0 fully saturated rings. The van der Waals surface area contributed by atoms with Crippen LogP contribution in [0.5, 0.6) is 11.5 Å². The van der Waals surface area contributed by atoms with Crippen LogP contribution in [-0.2, 0) is 6.54 Å². The van der Waals surface area contributed by atoms with Gasteiger partial charge in [-0.15, -0.1) is 0 Å². The molecule has 0 radical (unpaired) electrons. The summed E-state index contributed by atoms with van der Waals surface area (Å²) in [5, 5.41) is 5.72. The number of hydrogen-bond donors (Lipinski definition) is 3. The first-order valence-electron chi connectivity index (χ1n) is 6.60. The average Bonchev–Trinajstić information content (AvgIpc) is 2.38. The molecule has 1 aromatic carbocycles. The number of amides is 2. The first-order valence-corrected chi connectivity index (χ1v) is 6.60. The number of nitrogens with one attached hydrogen (secondary N) is 2. The Bertz CT molecular complexity index is 436. The molecule has 6 heteroatoms. The minimum Gasteiger partial charge on any atom is -0.493 e. The van der Waals surface area contributed by atoms with E-state index in [2.05, 4.69) is 10.6 Å². The Labute approximate surface area is 119 Å². The Morgan fingerprint density at radius 1 is 1.30 bits per heavy atom. The van der Waals surface area contributed by atoms with Gasteiger partial charge < -0.3 is 25.8 Å². The fourth-order valence-electron chi connectivity index (χ4n) is 1.68. The van der Waals surface area contributed by atoms with Crippen molar-refractivity contribution in [2.24, 2.45) is 5.73 Å². The van der Waals surface area contributed by atoms with Crippen molar-refractivity contribution < 1.29 is 14.3 Å². The molecule has 0 aromatic heterocycles. The molecule has 2 amide bonds. The van der Waals surface area contributed by atoms with Gasteiger partial charge in [-0.3, -0.25) is 0 Å². The summed E-state index contributed by atoms with van der Waals surface area (Å²) in [5.74, 6) is 1.45. The lowest BCUT2D eigenvalue weighted by Crippen LogP contribution is -2.35. The van der Waals surface area contributed by atoms with Gasteiger partial charge >= 0.3 is 6.03 Å². The second kappa shape index (κ2) is 8.27. The molecule has 0 aliphatic rings. The molecular weight excluding hydrogens is 258 g/mol. The van der Waals surface area contributed by atoms with E-state index in [9.17, 15) is 4.79 Å². The van der Waals surface area contributed by atoms with Crippen molar-refractivity contribution in [3.63, 3.8) is 0 Å². The normalized spacial score (nSPS) is 10.4. The summed E-state index contributed by atoms with van der Waals surface area (Å²) < 4.78 is 11.0. The third-order valence-electron chi connectivity index (χ3n) is 2.52. The van der Waals surface area contributed by atoms with Crippen molar-refractivity contribution in [3.8, 4) is 11.5 Å². The Balaban J connectivity index is 2.48. The van der Waals surface area contributed by atoms with E-state index in [-0.39, 0.29) is 6.10 Å². The first-order chi connectivity index (χ1) is 9.52. The molecule has 6 nitrogen and oxygen atoms in total. The molecule has 0 aliphatic heterocycles. The third-order valence-corrected chi connectivity index (χ3v) is 2.52. The fourth-order valence-corrected chi connectivity index (χ4v) is 1.68. The van der Waals surface area contributed by atoms with Crippen LogP contribution in [0.1, 0.15) is 19.4 Å². The minimum atomic E-state index is -0.511. The van der Waals surface area contributed by atoms with Crippen LogP contribution in [0, 0.1) is 0 Å². The Morgan fingerprint density at radius 3 is 2.65 bits per heavy atom. The van der Waals surface area contributed by atoms with Crippen LogP contribution in [0.4, 0.5) is 4.79 Å².